The summed E-state index contributed by atoms with van der Waals surface area (Å²) in [6, 6.07) is 5.85. The fourth-order valence-corrected chi connectivity index (χ4v) is 4.18. The number of hydrogen-bond donors (Lipinski definition) is 0. The Morgan fingerprint density at radius 2 is 2.00 bits per heavy atom. The molecule has 152 valence electrons. The summed E-state index contributed by atoms with van der Waals surface area (Å²) in [5, 5.41) is 9.43. The number of benzene rings is 1. The van der Waals surface area contributed by atoms with Crippen LogP contribution in [0.15, 0.2) is 23.4 Å². The first-order chi connectivity index (χ1) is 13.6. The van der Waals surface area contributed by atoms with Crippen molar-refractivity contribution in [2.75, 3.05) is 33.6 Å². The molecule has 0 aliphatic carbocycles. The molecule has 0 saturated carbocycles. The van der Waals surface area contributed by atoms with Gasteiger partial charge >= 0.3 is 0 Å². The Morgan fingerprint density at radius 3 is 2.79 bits per heavy atom. The van der Waals surface area contributed by atoms with Gasteiger partial charge in [0.25, 0.3) is 0 Å². The van der Waals surface area contributed by atoms with Crippen LogP contribution in [0.3, 0.4) is 0 Å². The minimum absolute atomic E-state index is 0.0939. The maximum absolute atomic E-state index is 12.5. The van der Waals surface area contributed by atoms with Gasteiger partial charge in [-0.05, 0) is 37.0 Å². The number of nitrogens with zero attached hydrogens (tertiary/aromatic N) is 4. The van der Waals surface area contributed by atoms with Gasteiger partial charge in [-0.1, -0.05) is 24.2 Å². The highest BCUT2D eigenvalue weighted by Gasteiger charge is 2.17. The molecular formula is C20H28N4O3S. The van der Waals surface area contributed by atoms with E-state index in [1.54, 1.807) is 19.1 Å². The number of methoxy groups -OCH3 is 2. The van der Waals surface area contributed by atoms with Crippen molar-refractivity contribution in [1.82, 2.24) is 19.7 Å². The fraction of sp³-hybridized carbons (Fsp3) is 0.550. The maximum atomic E-state index is 12.5. The molecule has 1 aliphatic rings. The Labute approximate surface area is 170 Å². The molecule has 0 bridgehead atoms. The Balaban J connectivity index is 1.51. The van der Waals surface area contributed by atoms with Gasteiger partial charge in [-0.2, -0.15) is 0 Å². The van der Waals surface area contributed by atoms with Crippen molar-refractivity contribution in [1.29, 1.82) is 0 Å². The summed E-state index contributed by atoms with van der Waals surface area (Å²) >= 11 is 1.48. The molecule has 1 aromatic heterocycles. The van der Waals surface area contributed by atoms with Crippen molar-refractivity contribution in [3.8, 4) is 11.5 Å². The standard InChI is InChI=1S/C20H28N4O3S/c1-23(12-10-15-8-9-16(26-2)17(13-15)27-3)19(25)14-28-20-22-21-18-7-5-4-6-11-24(18)20/h8-9,13H,4-7,10-12,14H2,1-3H3. The predicted molar refractivity (Wildman–Crippen MR) is 109 cm³/mol. The van der Waals surface area contributed by atoms with Crippen molar-refractivity contribution in [3.05, 3.63) is 29.6 Å². The molecule has 1 amide bonds. The van der Waals surface area contributed by atoms with Crippen LogP contribution < -0.4 is 9.47 Å². The van der Waals surface area contributed by atoms with Crippen molar-refractivity contribution in [2.24, 2.45) is 0 Å². The molecule has 3 rings (SSSR count). The number of carbonyl (C=O) groups is 1. The number of likely N-dealkylation sites (N-methyl/N-ethyl adjacent to an activating group) is 1. The van der Waals surface area contributed by atoms with Crippen LogP contribution in [-0.2, 0) is 24.2 Å². The van der Waals surface area contributed by atoms with Crippen LogP contribution >= 0.6 is 11.8 Å². The van der Waals surface area contributed by atoms with Crippen LogP contribution in [0, 0.1) is 0 Å². The summed E-state index contributed by atoms with van der Waals surface area (Å²) in [6.45, 7) is 1.60. The highest BCUT2D eigenvalue weighted by Crippen LogP contribution is 2.28. The van der Waals surface area contributed by atoms with Crippen molar-refractivity contribution >= 4 is 17.7 Å². The van der Waals surface area contributed by atoms with Crippen molar-refractivity contribution < 1.29 is 14.3 Å². The monoisotopic (exact) mass is 404 g/mol. The van der Waals surface area contributed by atoms with Crippen molar-refractivity contribution in [3.63, 3.8) is 0 Å². The molecule has 0 spiro atoms. The van der Waals surface area contributed by atoms with Crippen LogP contribution in [0.4, 0.5) is 0 Å². The zero-order valence-corrected chi connectivity index (χ0v) is 17.6. The number of carbonyl (C=O) groups excluding carboxylic acids is 1. The summed E-state index contributed by atoms with van der Waals surface area (Å²) in [5.41, 5.74) is 1.10. The third kappa shape index (κ3) is 4.98. The van der Waals surface area contributed by atoms with Gasteiger partial charge in [0.05, 0.1) is 20.0 Å². The average molecular weight is 405 g/mol. The molecule has 7 nitrogen and oxygen atoms in total. The summed E-state index contributed by atoms with van der Waals surface area (Å²) in [7, 11) is 5.09. The lowest BCUT2D eigenvalue weighted by Crippen LogP contribution is -2.30. The number of hydrogen-bond acceptors (Lipinski definition) is 6. The molecule has 1 aliphatic heterocycles. The van der Waals surface area contributed by atoms with E-state index in [0.29, 0.717) is 23.8 Å². The Bertz CT molecular complexity index is 809. The minimum Gasteiger partial charge on any atom is -0.493 e. The van der Waals surface area contributed by atoms with Crippen LogP contribution in [0.2, 0.25) is 0 Å². The Kier molecular flexibility index (Phi) is 7.19. The largest absolute Gasteiger partial charge is 0.493 e. The molecule has 0 unspecified atom stereocenters. The molecular weight excluding hydrogens is 376 g/mol. The SMILES string of the molecule is COc1ccc(CCN(C)C(=O)CSc2nnc3n2CCCCC3)cc1OC. The first-order valence-electron chi connectivity index (χ1n) is 9.62. The highest BCUT2D eigenvalue weighted by atomic mass is 32.2. The second-order valence-corrected chi connectivity index (χ2v) is 7.85. The second kappa shape index (κ2) is 9.82. The molecule has 0 N–H and O–H groups in total. The number of aryl methyl sites for hydroxylation is 1. The molecule has 0 radical (unpaired) electrons. The first kappa shape index (κ1) is 20.5. The molecule has 0 fully saturated rings. The quantitative estimate of drug-likeness (QED) is 0.630. The Hall–Kier alpha value is -2.22. The van der Waals surface area contributed by atoms with Gasteiger partial charge < -0.3 is 18.9 Å². The van der Waals surface area contributed by atoms with E-state index < -0.39 is 0 Å². The van der Waals surface area contributed by atoms with E-state index in [-0.39, 0.29) is 5.91 Å². The molecule has 2 aromatic rings. The number of ether oxygens (including phenoxy) is 2. The van der Waals surface area contributed by atoms with E-state index in [2.05, 4.69) is 14.8 Å². The first-order valence-corrected chi connectivity index (χ1v) is 10.6. The van der Waals surface area contributed by atoms with Gasteiger partial charge in [-0.3, -0.25) is 4.79 Å². The summed E-state index contributed by atoms with van der Waals surface area (Å²) < 4.78 is 12.8. The summed E-state index contributed by atoms with van der Waals surface area (Å²) in [5.74, 6) is 2.93. The van der Waals surface area contributed by atoms with E-state index in [1.807, 2.05) is 25.2 Å². The van der Waals surface area contributed by atoms with Gasteiger partial charge in [0, 0.05) is 26.6 Å². The second-order valence-electron chi connectivity index (χ2n) is 6.90. The smallest absolute Gasteiger partial charge is 0.232 e. The third-order valence-electron chi connectivity index (χ3n) is 5.01. The molecule has 28 heavy (non-hydrogen) atoms. The normalized spacial score (nSPS) is 13.5. The third-order valence-corrected chi connectivity index (χ3v) is 5.96. The summed E-state index contributed by atoms with van der Waals surface area (Å²) in [6.07, 6.45) is 5.28. The Morgan fingerprint density at radius 1 is 1.18 bits per heavy atom. The average Bonchev–Trinajstić information content (AvgIpc) is 2.95. The zero-order chi connectivity index (χ0) is 19.9. The molecule has 0 saturated heterocycles. The molecule has 0 atom stereocenters. The highest BCUT2D eigenvalue weighted by molar-refractivity contribution is 7.99. The van der Waals surface area contributed by atoms with Crippen LogP contribution in [-0.4, -0.2) is 59.1 Å². The molecule has 2 heterocycles. The number of aromatic nitrogens is 3. The molecule has 8 heteroatoms. The van der Waals surface area contributed by atoms with E-state index in [9.17, 15) is 4.79 Å². The van der Waals surface area contributed by atoms with E-state index in [0.717, 1.165) is 42.4 Å². The molecule has 1 aromatic carbocycles. The van der Waals surface area contributed by atoms with Crippen LogP contribution in [0.5, 0.6) is 11.5 Å². The van der Waals surface area contributed by atoms with Crippen LogP contribution in [0.25, 0.3) is 0 Å². The maximum Gasteiger partial charge on any atom is 0.232 e. The fourth-order valence-electron chi connectivity index (χ4n) is 3.26. The lowest BCUT2D eigenvalue weighted by atomic mass is 10.1. The van der Waals surface area contributed by atoms with Gasteiger partial charge in [-0.25, -0.2) is 0 Å². The van der Waals surface area contributed by atoms with Gasteiger partial charge in [0.2, 0.25) is 5.91 Å². The topological polar surface area (TPSA) is 69.5 Å². The lowest BCUT2D eigenvalue weighted by Gasteiger charge is -2.17. The lowest BCUT2D eigenvalue weighted by molar-refractivity contribution is -0.127. The van der Waals surface area contributed by atoms with Gasteiger partial charge in [-0.15, -0.1) is 10.2 Å². The summed E-state index contributed by atoms with van der Waals surface area (Å²) in [4.78, 5) is 14.3. The van der Waals surface area contributed by atoms with Gasteiger partial charge in [0.15, 0.2) is 16.7 Å². The van der Waals surface area contributed by atoms with E-state index >= 15 is 0 Å². The van der Waals surface area contributed by atoms with Crippen molar-refractivity contribution in [2.45, 2.75) is 43.8 Å². The number of thioether (sulfide) groups is 1. The number of fused-ring (bicyclic) bond motifs is 1. The van der Waals surface area contributed by atoms with Crippen LogP contribution in [0.1, 0.15) is 30.7 Å². The van der Waals surface area contributed by atoms with Gasteiger partial charge in [0.1, 0.15) is 5.82 Å². The number of rotatable bonds is 8. The van der Waals surface area contributed by atoms with E-state index in [4.69, 9.17) is 9.47 Å². The number of amides is 1. The zero-order valence-electron chi connectivity index (χ0n) is 16.8. The van der Waals surface area contributed by atoms with E-state index in [1.165, 1.54) is 24.6 Å². The predicted octanol–water partition coefficient (Wildman–Crippen LogP) is 2.81. The minimum atomic E-state index is 0.0939.